The summed E-state index contributed by atoms with van der Waals surface area (Å²) in [6.07, 6.45) is 0. The van der Waals surface area contributed by atoms with Crippen molar-refractivity contribution < 1.29 is 4.73 Å². The predicted molar refractivity (Wildman–Crippen MR) is 58.4 cm³/mol. The highest BCUT2D eigenvalue weighted by molar-refractivity contribution is 6.27. The van der Waals surface area contributed by atoms with Gasteiger partial charge in [0.2, 0.25) is 0 Å². The highest BCUT2D eigenvalue weighted by Gasteiger charge is 2.12. The fourth-order valence-corrected chi connectivity index (χ4v) is 1.56. The van der Waals surface area contributed by atoms with Crippen LogP contribution in [0.2, 0.25) is 5.28 Å². The van der Waals surface area contributed by atoms with Gasteiger partial charge in [-0.15, -0.1) is 0 Å². The number of hydrogen-bond acceptors (Lipinski definition) is 2. The average Bonchev–Trinajstić information content (AvgIpc) is 2.26. The smallest absolute Gasteiger partial charge is 0.399 e. The number of nitrogens with zero attached hydrogens (tertiary/aromatic N) is 2. The van der Waals surface area contributed by atoms with Crippen molar-refractivity contribution in [1.29, 1.82) is 0 Å². The Balaban J connectivity index is 2.56. The first-order valence-corrected chi connectivity index (χ1v) is 4.88. The van der Waals surface area contributed by atoms with Crippen molar-refractivity contribution >= 4 is 11.6 Å². The van der Waals surface area contributed by atoms with Crippen LogP contribution in [0.4, 0.5) is 0 Å². The standard InChI is InChI=1S/C11H9ClN2O/c1-8-7-10(13-11(12)14(8)15)9-5-3-2-4-6-9/h2-7H,1H3. The lowest BCUT2D eigenvalue weighted by atomic mass is 10.1. The van der Waals surface area contributed by atoms with Crippen molar-refractivity contribution in [3.05, 3.63) is 52.6 Å². The summed E-state index contributed by atoms with van der Waals surface area (Å²) in [6, 6.07) is 11.3. The van der Waals surface area contributed by atoms with Gasteiger partial charge in [-0.1, -0.05) is 30.3 Å². The number of benzene rings is 1. The van der Waals surface area contributed by atoms with Gasteiger partial charge >= 0.3 is 5.28 Å². The summed E-state index contributed by atoms with van der Waals surface area (Å²) in [5, 5.41) is 11.2. The van der Waals surface area contributed by atoms with Gasteiger partial charge < -0.3 is 5.21 Å². The van der Waals surface area contributed by atoms with Crippen LogP contribution in [0.15, 0.2) is 36.4 Å². The molecule has 15 heavy (non-hydrogen) atoms. The summed E-state index contributed by atoms with van der Waals surface area (Å²) in [5.74, 6) is 0. The van der Waals surface area contributed by atoms with Crippen molar-refractivity contribution in [3.63, 3.8) is 0 Å². The zero-order chi connectivity index (χ0) is 10.8. The molecule has 2 rings (SSSR count). The molecule has 0 radical (unpaired) electrons. The molecule has 0 aliphatic carbocycles. The molecular formula is C11H9ClN2O. The van der Waals surface area contributed by atoms with E-state index in [1.807, 2.05) is 30.3 Å². The molecule has 0 aliphatic rings. The molecule has 0 N–H and O–H groups in total. The third-order valence-electron chi connectivity index (χ3n) is 2.12. The Morgan fingerprint density at radius 1 is 1.27 bits per heavy atom. The van der Waals surface area contributed by atoms with Gasteiger partial charge in [-0.3, -0.25) is 0 Å². The molecule has 1 aromatic carbocycles. The molecule has 0 saturated heterocycles. The maximum absolute atomic E-state index is 11.3. The molecule has 3 nitrogen and oxygen atoms in total. The van der Waals surface area contributed by atoms with Crippen LogP contribution in [-0.4, -0.2) is 4.98 Å². The van der Waals surface area contributed by atoms with Crippen LogP contribution in [-0.2, 0) is 0 Å². The van der Waals surface area contributed by atoms with Gasteiger partial charge in [0.25, 0.3) is 0 Å². The summed E-state index contributed by atoms with van der Waals surface area (Å²) < 4.78 is 0.605. The van der Waals surface area contributed by atoms with Gasteiger partial charge in [0.05, 0.1) is 0 Å². The average molecular weight is 221 g/mol. The zero-order valence-corrected chi connectivity index (χ0v) is 8.90. The second kappa shape index (κ2) is 3.87. The molecule has 0 aliphatic heterocycles. The molecule has 0 fully saturated rings. The summed E-state index contributed by atoms with van der Waals surface area (Å²) >= 11 is 5.71. The highest BCUT2D eigenvalue weighted by atomic mass is 35.5. The SMILES string of the molecule is Cc1cc(-c2ccccc2)nc(Cl)[n+]1[O-]. The molecule has 0 spiro atoms. The third-order valence-corrected chi connectivity index (χ3v) is 2.35. The van der Waals surface area contributed by atoms with Crippen LogP contribution in [0.5, 0.6) is 0 Å². The molecule has 2 aromatic rings. The lowest BCUT2D eigenvalue weighted by molar-refractivity contribution is -0.613. The minimum absolute atomic E-state index is 0.0474. The summed E-state index contributed by atoms with van der Waals surface area (Å²) in [4.78, 5) is 4.02. The van der Waals surface area contributed by atoms with Gasteiger partial charge in [0.1, 0.15) is 5.69 Å². The molecule has 76 valence electrons. The minimum atomic E-state index is -0.0474. The Hall–Kier alpha value is -1.61. The number of aryl methyl sites for hydroxylation is 1. The molecule has 4 heteroatoms. The second-order valence-corrected chi connectivity index (χ2v) is 3.55. The molecular weight excluding hydrogens is 212 g/mol. The van der Waals surface area contributed by atoms with E-state index in [-0.39, 0.29) is 5.28 Å². The Morgan fingerprint density at radius 3 is 2.53 bits per heavy atom. The van der Waals surface area contributed by atoms with Gasteiger partial charge in [-0.05, 0) is 11.9 Å². The third kappa shape index (κ3) is 1.92. The van der Waals surface area contributed by atoms with Crippen molar-refractivity contribution in [2.75, 3.05) is 0 Å². The van der Waals surface area contributed by atoms with Crippen LogP contribution in [0.1, 0.15) is 5.69 Å². The lowest BCUT2D eigenvalue weighted by Crippen LogP contribution is -2.32. The van der Waals surface area contributed by atoms with E-state index in [0.717, 1.165) is 5.56 Å². The largest absolute Gasteiger partial charge is 0.710 e. The lowest BCUT2D eigenvalue weighted by Gasteiger charge is -2.06. The fourth-order valence-electron chi connectivity index (χ4n) is 1.34. The van der Waals surface area contributed by atoms with Gasteiger partial charge in [-0.25, -0.2) is 4.73 Å². The second-order valence-electron chi connectivity index (χ2n) is 3.21. The fraction of sp³-hybridized carbons (Fsp3) is 0.0909. The van der Waals surface area contributed by atoms with Crippen LogP contribution >= 0.6 is 11.6 Å². The van der Waals surface area contributed by atoms with E-state index in [0.29, 0.717) is 16.1 Å². The molecule has 0 bridgehead atoms. The Morgan fingerprint density at radius 2 is 1.93 bits per heavy atom. The topological polar surface area (TPSA) is 39.8 Å². The Bertz CT molecular complexity index is 462. The zero-order valence-electron chi connectivity index (χ0n) is 8.14. The van der Waals surface area contributed by atoms with E-state index in [9.17, 15) is 5.21 Å². The number of halogens is 1. The van der Waals surface area contributed by atoms with Crippen LogP contribution in [0, 0.1) is 12.1 Å². The first-order valence-electron chi connectivity index (χ1n) is 4.50. The van der Waals surface area contributed by atoms with Crippen LogP contribution in [0.25, 0.3) is 11.3 Å². The molecule has 0 saturated carbocycles. The van der Waals surface area contributed by atoms with Gasteiger partial charge in [0, 0.05) is 23.2 Å². The number of rotatable bonds is 1. The molecule has 1 aromatic heterocycles. The number of hydrogen-bond donors (Lipinski definition) is 0. The van der Waals surface area contributed by atoms with Crippen molar-refractivity contribution in [3.8, 4) is 11.3 Å². The van der Waals surface area contributed by atoms with Crippen LogP contribution in [0.3, 0.4) is 0 Å². The Kier molecular flexibility index (Phi) is 2.56. The first kappa shape index (κ1) is 9.93. The van der Waals surface area contributed by atoms with Crippen molar-refractivity contribution in [2.45, 2.75) is 6.92 Å². The molecule has 1 heterocycles. The van der Waals surface area contributed by atoms with E-state index in [4.69, 9.17) is 11.6 Å². The van der Waals surface area contributed by atoms with Crippen molar-refractivity contribution in [2.24, 2.45) is 0 Å². The summed E-state index contributed by atoms with van der Waals surface area (Å²) in [5.41, 5.74) is 2.20. The first-order chi connectivity index (χ1) is 7.18. The van der Waals surface area contributed by atoms with Crippen LogP contribution < -0.4 is 4.73 Å². The monoisotopic (exact) mass is 220 g/mol. The number of aromatic nitrogens is 2. The quantitative estimate of drug-likeness (QED) is 0.421. The van der Waals surface area contributed by atoms with Crippen molar-refractivity contribution in [1.82, 2.24) is 4.98 Å². The predicted octanol–water partition coefficient (Wildman–Crippen LogP) is 2.34. The molecule has 0 atom stereocenters. The maximum Gasteiger partial charge on any atom is 0.399 e. The van der Waals surface area contributed by atoms with Gasteiger partial charge in [-0.2, -0.15) is 0 Å². The Labute approximate surface area is 92.6 Å². The normalized spacial score (nSPS) is 10.3. The highest BCUT2D eigenvalue weighted by Crippen LogP contribution is 2.17. The van der Waals surface area contributed by atoms with E-state index in [1.54, 1.807) is 13.0 Å². The summed E-state index contributed by atoms with van der Waals surface area (Å²) in [7, 11) is 0. The maximum atomic E-state index is 11.3. The molecule has 0 amide bonds. The molecule has 0 unspecified atom stereocenters. The van der Waals surface area contributed by atoms with E-state index in [1.165, 1.54) is 0 Å². The minimum Gasteiger partial charge on any atom is -0.710 e. The van der Waals surface area contributed by atoms with E-state index in [2.05, 4.69) is 4.98 Å². The van der Waals surface area contributed by atoms with Gasteiger partial charge in [0.15, 0.2) is 5.69 Å². The summed E-state index contributed by atoms with van der Waals surface area (Å²) in [6.45, 7) is 1.70. The van der Waals surface area contributed by atoms with E-state index < -0.39 is 0 Å². The van der Waals surface area contributed by atoms with E-state index >= 15 is 0 Å².